The Hall–Kier alpha value is -1.64. The summed E-state index contributed by atoms with van der Waals surface area (Å²) in [5, 5.41) is 25.0. The van der Waals surface area contributed by atoms with Gasteiger partial charge in [-0.3, -0.25) is 4.55 Å². The maximum absolute atomic E-state index is 10.8. The normalized spacial score (nSPS) is 34.3. The second kappa shape index (κ2) is 8.13. The average Bonchev–Trinajstić information content (AvgIpc) is 2.98. The molecule has 1 aromatic rings. The highest BCUT2D eigenvalue weighted by molar-refractivity contribution is 7.85. The van der Waals surface area contributed by atoms with Crippen molar-refractivity contribution in [2.24, 2.45) is 22.4 Å². The molecule has 0 radical (unpaired) electrons. The molecule has 7 nitrogen and oxygen atoms in total. The van der Waals surface area contributed by atoms with Gasteiger partial charge in [-0.05, 0) is 85.8 Å². The van der Waals surface area contributed by atoms with Crippen LogP contribution in [0.2, 0.25) is 0 Å². The molecule has 0 aliphatic heterocycles. The van der Waals surface area contributed by atoms with Crippen molar-refractivity contribution in [3.05, 3.63) is 29.3 Å². The maximum Gasteiger partial charge on any atom is 0.264 e. The van der Waals surface area contributed by atoms with Crippen molar-refractivity contribution in [2.75, 3.05) is 12.4 Å². The lowest BCUT2D eigenvalue weighted by molar-refractivity contribution is -0.0179. The topological polar surface area (TPSA) is 116 Å². The summed E-state index contributed by atoms with van der Waals surface area (Å²) in [6.07, 6.45) is 5.20. The van der Waals surface area contributed by atoms with Crippen LogP contribution in [0.25, 0.3) is 0 Å². The summed E-state index contributed by atoms with van der Waals surface area (Å²) in [4.78, 5) is 5.50. The summed E-state index contributed by atoms with van der Waals surface area (Å²) in [6, 6.07) is 5.48. The first kappa shape index (κ1) is 21.6. The van der Waals surface area contributed by atoms with Crippen molar-refractivity contribution < 1.29 is 28.0 Å². The predicted molar refractivity (Wildman–Crippen MR) is 113 cm³/mol. The fraction of sp³-hybridized carbons (Fsp3) is 0.682. The van der Waals surface area contributed by atoms with E-state index in [1.807, 2.05) is 6.07 Å². The zero-order chi connectivity index (χ0) is 21.5. The van der Waals surface area contributed by atoms with Gasteiger partial charge in [0.25, 0.3) is 10.1 Å². The van der Waals surface area contributed by atoms with E-state index in [1.165, 1.54) is 5.56 Å². The van der Waals surface area contributed by atoms with Gasteiger partial charge in [-0.15, -0.1) is 0 Å². The Morgan fingerprint density at radius 1 is 1.23 bits per heavy atom. The van der Waals surface area contributed by atoms with Gasteiger partial charge in [0.05, 0.1) is 17.6 Å². The summed E-state index contributed by atoms with van der Waals surface area (Å²) >= 11 is 0. The van der Waals surface area contributed by atoms with Gasteiger partial charge >= 0.3 is 0 Å². The predicted octanol–water partition coefficient (Wildman–Crippen LogP) is 3.46. The monoisotopic (exact) mass is 437 g/mol. The fourth-order valence-corrected chi connectivity index (χ4v) is 6.61. The van der Waals surface area contributed by atoms with Crippen molar-refractivity contribution >= 4 is 15.8 Å². The quantitative estimate of drug-likeness (QED) is 0.357. The van der Waals surface area contributed by atoms with Crippen molar-refractivity contribution in [2.45, 2.75) is 63.9 Å². The summed E-state index contributed by atoms with van der Waals surface area (Å²) in [6.45, 7) is 2.49. The van der Waals surface area contributed by atoms with Crippen LogP contribution in [0.4, 0.5) is 0 Å². The zero-order valence-electron chi connectivity index (χ0n) is 17.3. The number of fused-ring (bicyclic) bond motifs is 5. The minimum absolute atomic E-state index is 0.0443. The van der Waals surface area contributed by atoms with Crippen molar-refractivity contribution in [3.63, 3.8) is 0 Å². The van der Waals surface area contributed by atoms with E-state index in [4.69, 9.17) is 9.39 Å². The van der Waals surface area contributed by atoms with Crippen LogP contribution in [0.3, 0.4) is 0 Å². The Balaban J connectivity index is 1.53. The molecule has 0 spiro atoms. The minimum Gasteiger partial charge on any atom is -0.508 e. The Bertz CT molecular complexity index is 930. The Morgan fingerprint density at radius 3 is 2.80 bits per heavy atom. The molecule has 5 atom stereocenters. The van der Waals surface area contributed by atoms with Gasteiger partial charge in [0.1, 0.15) is 12.4 Å². The standard InChI is InChI=1S/C22H31NO6S/c1-22-9-8-16-15-5-4-14(24)12-18(15)20(13-17(16)19(22)6-7-21(22)25)23-29-10-2-3-11-30(26,27)28/h4-5,12,16-17,19,21,24-25H,2-3,6-11,13H2,1H3,(H,26,27,28)/b23-20+/t16-,17-,19+,21?,22+/m1/s1. The molecule has 3 N–H and O–H groups in total. The number of unbranched alkanes of at least 4 members (excludes halogenated alkanes) is 1. The van der Waals surface area contributed by atoms with Crippen LogP contribution in [0, 0.1) is 17.3 Å². The summed E-state index contributed by atoms with van der Waals surface area (Å²) in [5.41, 5.74) is 2.89. The number of oxime groups is 1. The van der Waals surface area contributed by atoms with Gasteiger partial charge in [-0.2, -0.15) is 8.42 Å². The largest absolute Gasteiger partial charge is 0.508 e. The van der Waals surface area contributed by atoms with Gasteiger partial charge in [-0.25, -0.2) is 0 Å². The van der Waals surface area contributed by atoms with Crippen LogP contribution in [-0.4, -0.2) is 47.4 Å². The first-order valence-corrected chi connectivity index (χ1v) is 12.5. The number of phenols is 1. The third kappa shape index (κ3) is 4.09. The average molecular weight is 438 g/mol. The van der Waals surface area contributed by atoms with E-state index >= 15 is 0 Å². The fourth-order valence-electron chi connectivity index (χ4n) is 6.04. The Kier molecular flexibility index (Phi) is 5.85. The molecule has 2 saturated carbocycles. The molecule has 0 bridgehead atoms. The summed E-state index contributed by atoms with van der Waals surface area (Å²) in [7, 11) is -3.95. The Morgan fingerprint density at radius 2 is 2.03 bits per heavy atom. The van der Waals surface area contributed by atoms with E-state index in [0.717, 1.165) is 43.4 Å². The van der Waals surface area contributed by atoms with E-state index in [2.05, 4.69) is 12.1 Å². The highest BCUT2D eigenvalue weighted by atomic mass is 32.2. The second-order valence-corrected chi connectivity index (χ2v) is 10.9. The van der Waals surface area contributed by atoms with Crippen molar-refractivity contribution in [3.8, 4) is 5.75 Å². The van der Waals surface area contributed by atoms with Gasteiger partial charge in [0.15, 0.2) is 0 Å². The lowest BCUT2D eigenvalue weighted by atomic mass is 9.55. The summed E-state index contributed by atoms with van der Waals surface area (Å²) < 4.78 is 30.4. The molecule has 3 aliphatic carbocycles. The number of hydrogen-bond acceptors (Lipinski definition) is 6. The number of hydrogen-bond donors (Lipinski definition) is 3. The molecule has 0 heterocycles. The van der Waals surface area contributed by atoms with Crippen LogP contribution in [0.15, 0.2) is 23.4 Å². The van der Waals surface area contributed by atoms with Gasteiger partial charge in [0.2, 0.25) is 0 Å². The number of nitrogens with zero attached hydrogens (tertiary/aromatic N) is 1. The van der Waals surface area contributed by atoms with E-state index in [1.54, 1.807) is 12.1 Å². The summed E-state index contributed by atoms with van der Waals surface area (Å²) in [5.74, 6) is 1.14. The first-order chi connectivity index (χ1) is 14.2. The molecule has 4 rings (SSSR count). The van der Waals surface area contributed by atoms with E-state index < -0.39 is 10.1 Å². The van der Waals surface area contributed by atoms with E-state index in [0.29, 0.717) is 30.6 Å². The number of aliphatic hydroxyl groups is 1. The van der Waals surface area contributed by atoms with Gasteiger partial charge < -0.3 is 15.1 Å². The number of benzene rings is 1. The highest BCUT2D eigenvalue weighted by Crippen LogP contribution is 2.61. The lowest BCUT2D eigenvalue weighted by Gasteiger charge is -2.50. The van der Waals surface area contributed by atoms with Crippen molar-refractivity contribution in [1.82, 2.24) is 0 Å². The van der Waals surface area contributed by atoms with Crippen LogP contribution in [-0.2, 0) is 15.0 Å². The molecule has 8 heteroatoms. The molecule has 3 aliphatic rings. The molecule has 2 fully saturated rings. The minimum atomic E-state index is -3.95. The Labute approximate surface area is 177 Å². The van der Waals surface area contributed by atoms with E-state index in [-0.39, 0.29) is 29.6 Å². The molecule has 30 heavy (non-hydrogen) atoms. The SMILES string of the molecule is C[C@]12CC[C@@H]3c4ccc(O)cc4/C(=N/OCCCCS(=O)(=O)O)C[C@H]3[C@@H]1CCC2O. The molecule has 166 valence electrons. The number of phenolic OH excluding ortho intramolecular Hbond substituents is 1. The smallest absolute Gasteiger partial charge is 0.264 e. The first-order valence-electron chi connectivity index (χ1n) is 10.8. The second-order valence-electron chi connectivity index (χ2n) is 9.35. The molecule has 1 aromatic carbocycles. The highest BCUT2D eigenvalue weighted by Gasteiger charge is 2.55. The van der Waals surface area contributed by atoms with Crippen molar-refractivity contribution in [1.29, 1.82) is 0 Å². The molecular weight excluding hydrogens is 406 g/mol. The molecular formula is C22H31NO6S. The van der Waals surface area contributed by atoms with Gasteiger partial charge in [0, 0.05) is 5.56 Å². The molecule has 1 unspecified atom stereocenters. The zero-order valence-corrected chi connectivity index (χ0v) is 18.1. The van der Waals surface area contributed by atoms with Crippen LogP contribution < -0.4 is 0 Å². The third-order valence-electron chi connectivity index (χ3n) is 7.63. The van der Waals surface area contributed by atoms with Gasteiger partial charge in [-0.1, -0.05) is 18.1 Å². The lowest BCUT2D eigenvalue weighted by Crippen LogP contribution is -2.45. The maximum atomic E-state index is 10.8. The van der Waals surface area contributed by atoms with Crippen LogP contribution in [0.1, 0.15) is 68.9 Å². The van der Waals surface area contributed by atoms with Crippen LogP contribution >= 0.6 is 0 Å². The number of aromatic hydroxyl groups is 1. The third-order valence-corrected chi connectivity index (χ3v) is 8.43. The number of rotatable bonds is 6. The molecule has 0 aromatic heterocycles. The van der Waals surface area contributed by atoms with E-state index in [9.17, 15) is 18.6 Å². The number of aliphatic hydroxyl groups excluding tert-OH is 1. The molecule has 0 saturated heterocycles. The van der Waals surface area contributed by atoms with Crippen LogP contribution in [0.5, 0.6) is 5.75 Å². The molecule has 0 amide bonds.